The van der Waals surface area contributed by atoms with Gasteiger partial charge >= 0.3 is 6.09 Å². The van der Waals surface area contributed by atoms with Gasteiger partial charge < -0.3 is 15.4 Å². The van der Waals surface area contributed by atoms with Crippen molar-refractivity contribution in [3.05, 3.63) is 35.5 Å². The molecule has 1 unspecified atom stereocenters. The molecule has 3 N–H and O–H groups in total. The van der Waals surface area contributed by atoms with Gasteiger partial charge in [-0.3, -0.25) is 10.3 Å². The van der Waals surface area contributed by atoms with Crippen molar-refractivity contribution in [1.29, 1.82) is 5.26 Å². The normalized spacial score (nSPS) is 20.2. The van der Waals surface area contributed by atoms with Crippen molar-refractivity contribution in [2.75, 3.05) is 24.3 Å². The number of aryl methyl sites for hydroxylation is 1. The summed E-state index contributed by atoms with van der Waals surface area (Å²) < 4.78 is 4.66. The quantitative estimate of drug-likeness (QED) is 0.739. The van der Waals surface area contributed by atoms with E-state index >= 15 is 0 Å². The molecule has 0 bridgehead atoms. The minimum atomic E-state index is -0.527. The number of hydrogen-bond donors (Lipinski definition) is 3. The van der Waals surface area contributed by atoms with Crippen LogP contribution >= 0.6 is 0 Å². The lowest BCUT2D eigenvalue weighted by atomic mass is 10.1. The van der Waals surface area contributed by atoms with Gasteiger partial charge in [-0.1, -0.05) is 6.07 Å². The molecular weight excluding hydrogens is 358 g/mol. The number of anilines is 2. The summed E-state index contributed by atoms with van der Waals surface area (Å²) >= 11 is 0. The zero-order valence-corrected chi connectivity index (χ0v) is 15.7. The fourth-order valence-electron chi connectivity index (χ4n) is 3.00. The van der Waals surface area contributed by atoms with Crippen molar-refractivity contribution in [3.8, 4) is 6.07 Å². The third kappa shape index (κ3) is 3.62. The van der Waals surface area contributed by atoms with Gasteiger partial charge in [-0.2, -0.15) is 10.4 Å². The second-order valence-electron chi connectivity index (χ2n) is 6.89. The molecule has 3 aliphatic rings. The maximum absolute atomic E-state index is 11.5. The first-order valence-electron chi connectivity index (χ1n) is 9.10. The van der Waals surface area contributed by atoms with E-state index < -0.39 is 12.1 Å². The van der Waals surface area contributed by atoms with E-state index in [1.807, 2.05) is 31.2 Å². The summed E-state index contributed by atoms with van der Waals surface area (Å²) in [7, 11) is 1.32. The van der Waals surface area contributed by atoms with Crippen molar-refractivity contribution in [1.82, 2.24) is 10.3 Å². The third-order valence-electron chi connectivity index (χ3n) is 4.68. The highest BCUT2D eigenvalue weighted by Crippen LogP contribution is 2.26. The Morgan fingerprint density at radius 1 is 1.39 bits per heavy atom. The summed E-state index contributed by atoms with van der Waals surface area (Å²) in [5.74, 6) is 1.30. The van der Waals surface area contributed by atoms with Gasteiger partial charge in [0, 0.05) is 23.5 Å². The molecule has 1 aliphatic carbocycles. The summed E-state index contributed by atoms with van der Waals surface area (Å²) in [6.45, 7) is 2.30. The fraction of sp³-hybridized carbons (Fsp3) is 0.368. The highest BCUT2D eigenvalue weighted by Gasteiger charge is 2.35. The van der Waals surface area contributed by atoms with Crippen LogP contribution in [0, 0.1) is 18.3 Å². The molecule has 28 heavy (non-hydrogen) atoms. The van der Waals surface area contributed by atoms with Gasteiger partial charge in [0.05, 0.1) is 25.4 Å². The zero-order valence-electron chi connectivity index (χ0n) is 15.7. The number of nitrogens with one attached hydrogen (secondary N) is 3. The van der Waals surface area contributed by atoms with Crippen LogP contribution < -0.4 is 16.0 Å². The largest absolute Gasteiger partial charge is 0.453 e. The van der Waals surface area contributed by atoms with Crippen LogP contribution in [0.25, 0.3) is 0 Å². The third-order valence-corrected chi connectivity index (χ3v) is 4.68. The molecule has 1 amide bonds. The van der Waals surface area contributed by atoms with Crippen molar-refractivity contribution in [2.45, 2.75) is 31.8 Å². The fourth-order valence-corrected chi connectivity index (χ4v) is 3.00. The molecule has 0 saturated heterocycles. The average Bonchev–Trinajstić information content (AvgIpc) is 3.40. The molecule has 1 atom stereocenters. The second-order valence-corrected chi connectivity index (χ2v) is 6.89. The monoisotopic (exact) mass is 379 g/mol. The number of hydrazone groups is 1. The van der Waals surface area contributed by atoms with E-state index in [0.29, 0.717) is 29.9 Å². The Morgan fingerprint density at radius 3 is 2.93 bits per heavy atom. The Morgan fingerprint density at radius 2 is 2.21 bits per heavy atom. The topological polar surface area (TPSA) is 114 Å². The zero-order chi connectivity index (χ0) is 19.7. The molecule has 2 aliphatic heterocycles. The van der Waals surface area contributed by atoms with Gasteiger partial charge in [0.15, 0.2) is 17.7 Å². The lowest BCUT2D eigenvalue weighted by Gasteiger charge is -2.26. The van der Waals surface area contributed by atoms with Gasteiger partial charge in [-0.15, -0.1) is 0 Å². The molecule has 1 aromatic carbocycles. The van der Waals surface area contributed by atoms with Crippen LogP contribution in [-0.4, -0.2) is 48.5 Å². The molecule has 1 fully saturated rings. The van der Waals surface area contributed by atoms with Gasteiger partial charge in [0.25, 0.3) is 0 Å². The molecule has 2 heterocycles. The van der Waals surface area contributed by atoms with E-state index in [1.165, 1.54) is 7.11 Å². The summed E-state index contributed by atoms with van der Waals surface area (Å²) in [6.07, 6.45) is 3.64. The number of carbonyl (C=O) groups excluding carboxylic acids is 1. The van der Waals surface area contributed by atoms with Crippen LogP contribution in [0.15, 0.2) is 40.1 Å². The van der Waals surface area contributed by atoms with Gasteiger partial charge in [-0.05, 0) is 37.5 Å². The molecule has 0 radical (unpaired) electrons. The first-order valence-corrected chi connectivity index (χ1v) is 9.10. The van der Waals surface area contributed by atoms with Crippen LogP contribution in [-0.2, 0) is 4.74 Å². The number of amidine groups is 2. The number of carbonyl (C=O) groups is 1. The molecule has 9 heteroatoms. The lowest BCUT2D eigenvalue weighted by Crippen LogP contribution is -2.40. The van der Waals surface area contributed by atoms with Crippen LogP contribution in [0.1, 0.15) is 18.4 Å². The number of nitrogens with zero attached hydrogens (tertiary/aromatic N) is 4. The molecule has 1 aromatic rings. The Kier molecular flexibility index (Phi) is 4.61. The maximum Gasteiger partial charge on any atom is 0.411 e. The molecule has 9 nitrogen and oxygen atoms in total. The van der Waals surface area contributed by atoms with Gasteiger partial charge in [0.2, 0.25) is 0 Å². The summed E-state index contributed by atoms with van der Waals surface area (Å²) in [6, 6.07) is 7.89. The van der Waals surface area contributed by atoms with E-state index in [0.717, 1.165) is 29.8 Å². The number of amides is 1. The van der Waals surface area contributed by atoms with E-state index in [-0.39, 0.29) is 0 Å². The standard InChI is InChI=1S/C19H21N7O2/c1-11-3-4-13(7-15(11)24-19(27)28-2)23-17-8-16(22-12-5-6-12)18-21-10-14(9-20)26(18)25-17/h3-4,7-8,12,14,22H,5-6,10H2,1-2H3,(H,23,25)(H,24,27). The number of rotatable bonds is 4. The second kappa shape index (κ2) is 7.23. The Hall–Kier alpha value is -3.54. The Labute approximate surface area is 162 Å². The van der Waals surface area contributed by atoms with Gasteiger partial charge in [0.1, 0.15) is 0 Å². The molecular formula is C19H21N7O2. The van der Waals surface area contributed by atoms with E-state index in [9.17, 15) is 10.1 Å². The van der Waals surface area contributed by atoms with Crippen LogP contribution in [0.2, 0.25) is 0 Å². The van der Waals surface area contributed by atoms with Crippen LogP contribution in [0.3, 0.4) is 0 Å². The van der Waals surface area contributed by atoms with Crippen molar-refractivity contribution < 1.29 is 9.53 Å². The van der Waals surface area contributed by atoms with E-state index in [1.54, 1.807) is 5.01 Å². The Bertz CT molecular complexity index is 940. The number of benzene rings is 1. The minimum Gasteiger partial charge on any atom is -0.453 e. The highest BCUT2D eigenvalue weighted by atomic mass is 16.5. The summed E-state index contributed by atoms with van der Waals surface area (Å²) in [5.41, 5.74) is 3.18. The van der Waals surface area contributed by atoms with Crippen LogP contribution in [0.4, 0.5) is 16.2 Å². The summed E-state index contributed by atoms with van der Waals surface area (Å²) in [4.78, 5) is 16.0. The van der Waals surface area contributed by atoms with E-state index in [2.05, 4.69) is 36.9 Å². The minimum absolute atomic E-state index is 0.407. The van der Waals surface area contributed by atoms with Crippen LogP contribution in [0.5, 0.6) is 0 Å². The van der Waals surface area contributed by atoms with Gasteiger partial charge in [-0.25, -0.2) is 9.80 Å². The first kappa shape index (κ1) is 17.9. The number of aliphatic imine (C=N–C) groups is 1. The number of ether oxygens (including phenoxy) is 1. The number of hydrogen-bond acceptors (Lipinski definition) is 8. The molecule has 4 rings (SSSR count). The predicted molar refractivity (Wildman–Crippen MR) is 106 cm³/mol. The maximum atomic E-state index is 11.5. The first-order chi connectivity index (χ1) is 13.6. The number of fused-ring (bicyclic) bond motifs is 1. The van der Waals surface area contributed by atoms with Crippen molar-refractivity contribution in [3.63, 3.8) is 0 Å². The number of nitriles is 1. The summed E-state index contributed by atoms with van der Waals surface area (Å²) in [5, 5.41) is 25.0. The van der Waals surface area contributed by atoms with Crippen molar-refractivity contribution >= 4 is 29.1 Å². The highest BCUT2D eigenvalue weighted by molar-refractivity contribution is 6.13. The molecule has 144 valence electrons. The molecule has 1 saturated carbocycles. The smallest absolute Gasteiger partial charge is 0.411 e. The Balaban J connectivity index is 1.58. The molecule has 0 spiro atoms. The molecule has 0 aromatic heterocycles. The average molecular weight is 379 g/mol. The van der Waals surface area contributed by atoms with Crippen molar-refractivity contribution in [2.24, 2.45) is 10.1 Å². The SMILES string of the molecule is COC(=O)Nc1cc(NC2=NN3C(=NCC3C#N)C(NC3CC3)=C2)ccc1C. The van der Waals surface area contributed by atoms with E-state index in [4.69, 9.17) is 0 Å². The predicted octanol–water partition coefficient (Wildman–Crippen LogP) is 2.15. The number of methoxy groups -OCH3 is 1. The lowest BCUT2D eigenvalue weighted by molar-refractivity contribution is 0.187.